The lowest BCUT2D eigenvalue weighted by molar-refractivity contribution is 0.0952. The topological polar surface area (TPSA) is 34.9 Å². The summed E-state index contributed by atoms with van der Waals surface area (Å²) in [6.07, 6.45) is 3.49. The first-order valence-corrected chi connectivity index (χ1v) is 5.15. The quantitative estimate of drug-likeness (QED) is 0.802. The Morgan fingerprint density at radius 3 is 2.82 bits per heavy atom. The van der Waals surface area contributed by atoms with Gasteiger partial charge in [0, 0.05) is 24.9 Å². The molecule has 1 aromatic carbocycles. The van der Waals surface area contributed by atoms with Crippen LogP contribution in [0.2, 0.25) is 0 Å². The predicted molar refractivity (Wildman–Crippen MR) is 57.7 cm³/mol. The number of hydrogen-bond acceptors (Lipinski definition) is 2. The predicted octanol–water partition coefficient (Wildman–Crippen LogP) is 2.41. The van der Waals surface area contributed by atoms with Crippen LogP contribution in [0.4, 0.5) is 8.78 Å². The number of hydrogen-bond donors (Lipinski definition) is 0. The molecule has 5 heteroatoms. The zero-order chi connectivity index (χ0) is 12.4. The summed E-state index contributed by atoms with van der Waals surface area (Å²) in [5.74, 6) is -1.58. The van der Waals surface area contributed by atoms with Gasteiger partial charge in [0.05, 0.1) is 5.56 Å². The molecule has 2 rings (SSSR count). The Kier molecular flexibility index (Phi) is 2.99. The van der Waals surface area contributed by atoms with Gasteiger partial charge in [-0.05, 0) is 12.1 Å². The third-order valence-corrected chi connectivity index (χ3v) is 2.41. The van der Waals surface area contributed by atoms with Gasteiger partial charge in [-0.2, -0.15) is 0 Å². The molecule has 3 nitrogen and oxygen atoms in total. The van der Waals surface area contributed by atoms with Gasteiger partial charge in [-0.15, -0.1) is 0 Å². The van der Waals surface area contributed by atoms with Crippen molar-refractivity contribution in [3.05, 3.63) is 53.6 Å². The van der Waals surface area contributed by atoms with Crippen molar-refractivity contribution in [1.82, 2.24) is 9.55 Å². The zero-order valence-electron chi connectivity index (χ0n) is 9.15. The van der Waals surface area contributed by atoms with E-state index in [4.69, 9.17) is 0 Å². The largest absolute Gasteiger partial charge is 0.269 e. The summed E-state index contributed by atoms with van der Waals surface area (Å²) in [6.45, 7) is 1.84. The number of imidazole rings is 1. The van der Waals surface area contributed by atoms with Crippen molar-refractivity contribution in [2.75, 3.05) is 0 Å². The number of benzene rings is 1. The van der Waals surface area contributed by atoms with Gasteiger partial charge in [0.1, 0.15) is 17.5 Å². The summed E-state index contributed by atoms with van der Waals surface area (Å²) < 4.78 is 27.4. The minimum absolute atomic E-state index is 0.167. The number of halogens is 2. The van der Waals surface area contributed by atoms with Gasteiger partial charge in [-0.3, -0.25) is 9.36 Å². The molecule has 1 aromatic heterocycles. The highest BCUT2D eigenvalue weighted by atomic mass is 19.1. The molecule has 0 atom stereocenters. The van der Waals surface area contributed by atoms with Crippen LogP contribution in [-0.4, -0.2) is 15.5 Å². The molecule has 0 unspecified atom stereocenters. The molecule has 0 bridgehead atoms. The highest BCUT2D eigenvalue weighted by Gasteiger charge is 2.16. The van der Waals surface area contributed by atoms with E-state index in [1.54, 1.807) is 0 Å². The fourth-order valence-corrected chi connectivity index (χ4v) is 1.57. The number of aryl methyl sites for hydroxylation is 1. The second-order valence-electron chi connectivity index (χ2n) is 3.50. The van der Waals surface area contributed by atoms with Crippen LogP contribution in [0.3, 0.4) is 0 Å². The molecule has 0 aliphatic carbocycles. The SMILES string of the molecule is CCc1nccn1C(=O)c1ccc(F)cc1F. The van der Waals surface area contributed by atoms with Crippen molar-refractivity contribution in [3.63, 3.8) is 0 Å². The molecular weight excluding hydrogens is 226 g/mol. The Labute approximate surface area is 96.7 Å². The summed E-state index contributed by atoms with van der Waals surface area (Å²) in [5, 5.41) is 0. The van der Waals surface area contributed by atoms with Crippen molar-refractivity contribution in [2.45, 2.75) is 13.3 Å². The minimum atomic E-state index is -0.870. The van der Waals surface area contributed by atoms with Crippen LogP contribution in [0.1, 0.15) is 23.1 Å². The second kappa shape index (κ2) is 4.45. The molecule has 0 spiro atoms. The third kappa shape index (κ3) is 2.08. The number of carbonyl (C=O) groups excluding carboxylic acids is 1. The molecule has 0 amide bonds. The van der Waals surface area contributed by atoms with Crippen LogP contribution in [0, 0.1) is 11.6 Å². The molecule has 0 fully saturated rings. The maximum atomic E-state index is 13.4. The van der Waals surface area contributed by atoms with Gasteiger partial charge in [0.2, 0.25) is 0 Å². The van der Waals surface area contributed by atoms with Crippen molar-refractivity contribution >= 4 is 5.91 Å². The molecule has 0 aliphatic rings. The highest BCUT2D eigenvalue weighted by molar-refractivity contribution is 5.96. The van der Waals surface area contributed by atoms with E-state index < -0.39 is 17.5 Å². The van der Waals surface area contributed by atoms with Gasteiger partial charge in [-0.1, -0.05) is 6.92 Å². The smallest absolute Gasteiger partial charge is 0.266 e. The van der Waals surface area contributed by atoms with E-state index in [0.29, 0.717) is 18.3 Å². The first-order valence-electron chi connectivity index (χ1n) is 5.15. The summed E-state index contributed by atoms with van der Waals surface area (Å²) in [7, 11) is 0. The molecule has 0 aliphatic heterocycles. The molecule has 0 radical (unpaired) electrons. The van der Waals surface area contributed by atoms with Gasteiger partial charge in [0.25, 0.3) is 5.91 Å². The van der Waals surface area contributed by atoms with Crippen molar-refractivity contribution in [1.29, 1.82) is 0 Å². The summed E-state index contributed by atoms with van der Waals surface area (Å²) >= 11 is 0. The normalized spacial score (nSPS) is 10.5. The van der Waals surface area contributed by atoms with Gasteiger partial charge in [-0.25, -0.2) is 13.8 Å². The first kappa shape index (κ1) is 11.4. The second-order valence-corrected chi connectivity index (χ2v) is 3.50. The van der Waals surface area contributed by atoms with Crippen molar-refractivity contribution in [2.24, 2.45) is 0 Å². The fraction of sp³-hybridized carbons (Fsp3) is 0.167. The Balaban J connectivity index is 2.44. The lowest BCUT2D eigenvalue weighted by Crippen LogP contribution is -2.15. The molecular formula is C12H10F2N2O. The molecule has 0 saturated carbocycles. The molecule has 2 aromatic rings. The summed E-state index contributed by atoms with van der Waals surface area (Å²) in [6, 6.07) is 2.88. The van der Waals surface area contributed by atoms with Crippen LogP contribution < -0.4 is 0 Å². The first-order chi connectivity index (χ1) is 8.13. The lowest BCUT2D eigenvalue weighted by atomic mass is 10.2. The van der Waals surface area contributed by atoms with E-state index in [1.807, 2.05) is 6.92 Å². The summed E-state index contributed by atoms with van der Waals surface area (Å²) in [4.78, 5) is 16.0. The Morgan fingerprint density at radius 1 is 1.41 bits per heavy atom. The standard InChI is InChI=1S/C12H10F2N2O/c1-2-11-15-5-6-16(11)12(17)9-4-3-8(13)7-10(9)14/h3-7H,2H2,1H3. The van der Waals surface area contributed by atoms with E-state index in [-0.39, 0.29) is 5.56 Å². The molecule has 1 heterocycles. The van der Waals surface area contributed by atoms with E-state index in [1.165, 1.54) is 17.0 Å². The summed E-state index contributed by atoms with van der Waals surface area (Å²) in [5.41, 5.74) is -0.167. The maximum absolute atomic E-state index is 13.4. The van der Waals surface area contributed by atoms with Crippen LogP contribution in [0.15, 0.2) is 30.6 Å². The molecule has 0 saturated heterocycles. The van der Waals surface area contributed by atoms with Gasteiger partial charge in [0.15, 0.2) is 0 Å². The third-order valence-electron chi connectivity index (χ3n) is 2.41. The Hall–Kier alpha value is -2.04. The van der Waals surface area contributed by atoms with Crippen LogP contribution in [0.5, 0.6) is 0 Å². The molecule has 17 heavy (non-hydrogen) atoms. The zero-order valence-corrected chi connectivity index (χ0v) is 9.15. The Bertz CT molecular complexity index is 563. The van der Waals surface area contributed by atoms with E-state index in [9.17, 15) is 13.6 Å². The number of carbonyl (C=O) groups is 1. The number of rotatable bonds is 2. The monoisotopic (exact) mass is 236 g/mol. The van der Waals surface area contributed by atoms with Crippen LogP contribution in [0.25, 0.3) is 0 Å². The highest BCUT2D eigenvalue weighted by Crippen LogP contribution is 2.12. The van der Waals surface area contributed by atoms with Crippen LogP contribution >= 0.6 is 0 Å². The van der Waals surface area contributed by atoms with E-state index >= 15 is 0 Å². The van der Waals surface area contributed by atoms with E-state index in [0.717, 1.165) is 12.1 Å². The lowest BCUT2D eigenvalue weighted by Gasteiger charge is -2.05. The van der Waals surface area contributed by atoms with Crippen LogP contribution in [-0.2, 0) is 6.42 Å². The maximum Gasteiger partial charge on any atom is 0.266 e. The average Bonchev–Trinajstić information content (AvgIpc) is 2.76. The van der Waals surface area contributed by atoms with Crippen molar-refractivity contribution in [3.8, 4) is 0 Å². The number of nitrogens with zero attached hydrogens (tertiary/aromatic N) is 2. The van der Waals surface area contributed by atoms with Gasteiger partial charge >= 0.3 is 0 Å². The van der Waals surface area contributed by atoms with Crippen molar-refractivity contribution < 1.29 is 13.6 Å². The fourth-order valence-electron chi connectivity index (χ4n) is 1.57. The van der Waals surface area contributed by atoms with Gasteiger partial charge < -0.3 is 0 Å². The van der Waals surface area contributed by atoms with E-state index in [2.05, 4.69) is 4.98 Å². The minimum Gasteiger partial charge on any atom is -0.269 e. The molecule has 0 N–H and O–H groups in total. The Morgan fingerprint density at radius 2 is 2.18 bits per heavy atom. The number of aromatic nitrogens is 2. The molecule has 88 valence electrons. The average molecular weight is 236 g/mol.